The topological polar surface area (TPSA) is 111 Å². The van der Waals surface area contributed by atoms with Crippen molar-refractivity contribution in [2.45, 2.75) is 32.8 Å². The molecule has 0 radical (unpaired) electrons. The first-order valence-corrected chi connectivity index (χ1v) is 10.9. The van der Waals surface area contributed by atoms with E-state index < -0.39 is 29.4 Å². The molecule has 1 atom stereocenters. The van der Waals surface area contributed by atoms with E-state index in [0.717, 1.165) is 16.3 Å². The van der Waals surface area contributed by atoms with Crippen molar-refractivity contribution in [1.29, 1.82) is 0 Å². The minimum absolute atomic E-state index is 0.0236. The van der Waals surface area contributed by atoms with Gasteiger partial charge >= 0.3 is 6.09 Å². The van der Waals surface area contributed by atoms with Gasteiger partial charge in [-0.3, -0.25) is 14.9 Å². The highest BCUT2D eigenvalue weighted by molar-refractivity contribution is 6.07. The summed E-state index contributed by atoms with van der Waals surface area (Å²) in [7, 11) is 0. The maximum Gasteiger partial charge on any atom is 0.412 e. The van der Waals surface area contributed by atoms with Crippen molar-refractivity contribution in [3.63, 3.8) is 0 Å². The first-order chi connectivity index (χ1) is 16.0. The molecule has 0 aromatic heterocycles. The average Bonchev–Trinajstić information content (AvgIpc) is 2.75. The Hall–Kier alpha value is -3.94. The van der Waals surface area contributed by atoms with Gasteiger partial charge in [0.2, 0.25) is 5.91 Å². The summed E-state index contributed by atoms with van der Waals surface area (Å²) in [5.41, 5.74) is 6.03. The Morgan fingerprint density at radius 2 is 1.62 bits per heavy atom. The van der Waals surface area contributed by atoms with Crippen LogP contribution in [0.2, 0.25) is 0 Å². The van der Waals surface area contributed by atoms with Crippen LogP contribution < -0.4 is 16.4 Å². The van der Waals surface area contributed by atoms with Crippen molar-refractivity contribution < 1.29 is 23.5 Å². The number of anilines is 1. The molecule has 34 heavy (non-hydrogen) atoms. The van der Waals surface area contributed by atoms with Gasteiger partial charge in [-0.1, -0.05) is 36.4 Å². The molecule has 3 rings (SSSR count). The van der Waals surface area contributed by atoms with E-state index in [2.05, 4.69) is 10.6 Å². The molecule has 0 fully saturated rings. The van der Waals surface area contributed by atoms with E-state index in [9.17, 15) is 18.8 Å². The van der Waals surface area contributed by atoms with Crippen molar-refractivity contribution in [2.24, 2.45) is 11.7 Å². The van der Waals surface area contributed by atoms with E-state index >= 15 is 0 Å². The second kappa shape index (κ2) is 10.3. The fourth-order valence-electron chi connectivity index (χ4n) is 3.43. The molecule has 3 amide bonds. The highest BCUT2D eigenvalue weighted by Gasteiger charge is 2.22. The Morgan fingerprint density at radius 3 is 2.21 bits per heavy atom. The quantitative estimate of drug-likeness (QED) is 0.480. The molecular formula is C26H28FN3O4. The van der Waals surface area contributed by atoms with E-state index in [1.54, 1.807) is 45.0 Å². The number of rotatable bonds is 7. The highest BCUT2D eigenvalue weighted by Crippen LogP contribution is 2.25. The lowest BCUT2D eigenvalue weighted by Crippen LogP contribution is -2.37. The molecule has 0 aliphatic heterocycles. The summed E-state index contributed by atoms with van der Waals surface area (Å²) in [4.78, 5) is 37.4. The van der Waals surface area contributed by atoms with Crippen LogP contribution in [0.15, 0.2) is 60.7 Å². The number of primary amides is 1. The summed E-state index contributed by atoms with van der Waals surface area (Å²) < 4.78 is 18.5. The molecule has 0 aliphatic rings. The van der Waals surface area contributed by atoms with Crippen molar-refractivity contribution in [2.75, 3.05) is 11.9 Å². The van der Waals surface area contributed by atoms with Gasteiger partial charge in [-0.15, -0.1) is 0 Å². The molecule has 3 aromatic rings. The average molecular weight is 466 g/mol. The monoisotopic (exact) mass is 465 g/mol. The molecule has 7 nitrogen and oxygen atoms in total. The molecule has 0 saturated carbocycles. The number of nitrogens with two attached hydrogens (primary N) is 1. The van der Waals surface area contributed by atoms with Gasteiger partial charge in [0.1, 0.15) is 11.4 Å². The molecule has 1 unspecified atom stereocenters. The summed E-state index contributed by atoms with van der Waals surface area (Å²) in [6.45, 7) is 5.20. The van der Waals surface area contributed by atoms with Gasteiger partial charge in [0.15, 0.2) is 0 Å². The van der Waals surface area contributed by atoms with Gasteiger partial charge in [-0.2, -0.15) is 0 Å². The van der Waals surface area contributed by atoms with Crippen LogP contribution in [0.1, 0.15) is 36.7 Å². The number of amides is 3. The Morgan fingerprint density at radius 1 is 1.00 bits per heavy atom. The largest absolute Gasteiger partial charge is 0.444 e. The van der Waals surface area contributed by atoms with Crippen LogP contribution in [-0.4, -0.2) is 30.1 Å². The van der Waals surface area contributed by atoms with Crippen LogP contribution in [0.3, 0.4) is 0 Å². The Balaban J connectivity index is 1.81. The predicted octanol–water partition coefficient (Wildman–Crippen LogP) is 4.40. The Labute approximate surface area is 197 Å². The zero-order valence-corrected chi connectivity index (χ0v) is 19.4. The summed E-state index contributed by atoms with van der Waals surface area (Å²) in [5, 5.41) is 7.01. The number of ether oxygens (including phenoxy) is 1. The molecule has 0 spiro atoms. The summed E-state index contributed by atoms with van der Waals surface area (Å²) in [5.74, 6) is -2.15. The lowest BCUT2D eigenvalue weighted by molar-refractivity contribution is -0.121. The van der Waals surface area contributed by atoms with E-state index in [4.69, 9.17) is 10.5 Å². The predicted molar refractivity (Wildman–Crippen MR) is 129 cm³/mol. The van der Waals surface area contributed by atoms with Crippen LogP contribution in [0, 0.1) is 11.7 Å². The van der Waals surface area contributed by atoms with Gasteiger partial charge in [-0.25, -0.2) is 9.18 Å². The van der Waals surface area contributed by atoms with Crippen LogP contribution in [0.25, 0.3) is 10.8 Å². The molecule has 4 N–H and O–H groups in total. The summed E-state index contributed by atoms with van der Waals surface area (Å²) in [6, 6.07) is 16.5. The number of hydrogen-bond acceptors (Lipinski definition) is 4. The Kier molecular flexibility index (Phi) is 7.50. The standard InChI is InChI=1S/C26H28FN3O4/c1-26(2,3)34-25(33)30-22-14-18-7-5-4-6-17(18)13-21(22)24(32)29-15-19(23(28)31)12-16-8-10-20(27)11-9-16/h4-11,13-14,19H,12,15H2,1-3H3,(H2,28,31)(H,29,32)(H,30,33). The van der Waals surface area contributed by atoms with Crippen molar-refractivity contribution >= 4 is 34.4 Å². The van der Waals surface area contributed by atoms with E-state index in [1.165, 1.54) is 12.1 Å². The van der Waals surface area contributed by atoms with Crippen LogP contribution in [0.4, 0.5) is 14.9 Å². The fraction of sp³-hybridized carbons (Fsp3) is 0.269. The molecule has 0 aliphatic carbocycles. The molecule has 0 bridgehead atoms. The lowest BCUT2D eigenvalue weighted by Gasteiger charge is -2.21. The van der Waals surface area contributed by atoms with Crippen molar-refractivity contribution in [3.05, 3.63) is 77.6 Å². The van der Waals surface area contributed by atoms with Crippen molar-refractivity contribution in [1.82, 2.24) is 5.32 Å². The Bertz CT molecular complexity index is 1200. The lowest BCUT2D eigenvalue weighted by atomic mass is 9.98. The summed E-state index contributed by atoms with van der Waals surface area (Å²) in [6.07, 6.45) is -0.445. The van der Waals surface area contributed by atoms with E-state index in [-0.39, 0.29) is 30.0 Å². The van der Waals surface area contributed by atoms with Gasteiger partial charge in [0.05, 0.1) is 17.2 Å². The molecule has 178 valence electrons. The van der Waals surface area contributed by atoms with Gasteiger partial charge in [0.25, 0.3) is 5.91 Å². The molecular weight excluding hydrogens is 437 g/mol. The third-order valence-electron chi connectivity index (χ3n) is 5.07. The zero-order chi connectivity index (χ0) is 24.9. The number of nitrogens with one attached hydrogen (secondary N) is 2. The number of carbonyl (C=O) groups is 3. The van der Waals surface area contributed by atoms with E-state index in [1.807, 2.05) is 24.3 Å². The number of carbonyl (C=O) groups excluding carboxylic acids is 3. The van der Waals surface area contributed by atoms with Gasteiger partial charge in [0, 0.05) is 6.54 Å². The first kappa shape index (κ1) is 24.7. The minimum Gasteiger partial charge on any atom is -0.444 e. The molecule has 3 aromatic carbocycles. The summed E-state index contributed by atoms with van der Waals surface area (Å²) >= 11 is 0. The van der Waals surface area contributed by atoms with Crippen LogP contribution in [-0.2, 0) is 16.0 Å². The second-order valence-corrected chi connectivity index (χ2v) is 9.01. The van der Waals surface area contributed by atoms with Gasteiger partial charge in [-0.05, 0) is 67.8 Å². The maximum atomic E-state index is 13.2. The normalized spacial score (nSPS) is 12.1. The third kappa shape index (κ3) is 6.78. The van der Waals surface area contributed by atoms with Crippen LogP contribution in [0.5, 0.6) is 0 Å². The zero-order valence-electron chi connectivity index (χ0n) is 19.4. The molecule has 0 heterocycles. The maximum absolute atomic E-state index is 13.2. The number of hydrogen-bond donors (Lipinski definition) is 3. The second-order valence-electron chi connectivity index (χ2n) is 9.01. The van der Waals surface area contributed by atoms with Crippen molar-refractivity contribution in [3.8, 4) is 0 Å². The SMILES string of the molecule is CC(C)(C)OC(=O)Nc1cc2ccccc2cc1C(=O)NCC(Cc1ccc(F)cc1)C(N)=O. The van der Waals surface area contributed by atoms with Crippen LogP contribution >= 0.6 is 0 Å². The first-order valence-electron chi connectivity index (χ1n) is 10.9. The molecule has 0 saturated heterocycles. The number of benzene rings is 3. The highest BCUT2D eigenvalue weighted by atomic mass is 19.1. The smallest absolute Gasteiger partial charge is 0.412 e. The third-order valence-corrected chi connectivity index (χ3v) is 5.07. The minimum atomic E-state index is -0.710. The number of fused-ring (bicyclic) bond motifs is 1. The number of halogens is 1. The molecule has 8 heteroatoms. The van der Waals surface area contributed by atoms with E-state index in [0.29, 0.717) is 0 Å². The van der Waals surface area contributed by atoms with Gasteiger partial charge < -0.3 is 15.8 Å². The fourth-order valence-corrected chi connectivity index (χ4v) is 3.43.